The van der Waals surface area contributed by atoms with Gasteiger partial charge in [0.2, 0.25) is 5.95 Å². The van der Waals surface area contributed by atoms with E-state index in [1.165, 1.54) is 12.4 Å². The number of aryl methyl sites for hydroxylation is 1. The fourth-order valence-corrected chi connectivity index (χ4v) is 2.33. The minimum absolute atomic E-state index is 0.247. The lowest BCUT2D eigenvalue weighted by molar-refractivity contribution is 0.102. The average molecular weight is 383 g/mol. The molecule has 3 rings (SSSR count). The van der Waals surface area contributed by atoms with Crippen LogP contribution in [0.5, 0.6) is 0 Å². The Morgan fingerprint density at radius 3 is 2.38 bits per heavy atom. The smallest absolute Gasteiger partial charge is 0.258 e. The second-order valence-corrected chi connectivity index (χ2v) is 6.06. The molecule has 5 nitrogen and oxygen atoms in total. The van der Waals surface area contributed by atoms with Crippen LogP contribution in [0.25, 0.3) is 0 Å². The highest BCUT2D eigenvalue weighted by Gasteiger charge is 2.08. The van der Waals surface area contributed by atoms with Gasteiger partial charge < -0.3 is 10.6 Å². The van der Waals surface area contributed by atoms with Gasteiger partial charge in [0.05, 0.1) is 5.56 Å². The topological polar surface area (TPSA) is 66.9 Å². The van der Waals surface area contributed by atoms with Gasteiger partial charge in [-0.25, -0.2) is 9.97 Å². The normalized spacial score (nSPS) is 10.2. The number of hydrogen-bond acceptors (Lipinski definition) is 4. The number of amides is 1. The Bertz CT molecular complexity index is 851. The molecule has 2 N–H and O–H groups in total. The number of carbonyl (C=O) groups is 1. The summed E-state index contributed by atoms with van der Waals surface area (Å²) in [7, 11) is 0. The first kappa shape index (κ1) is 16.1. The van der Waals surface area contributed by atoms with Crippen LogP contribution in [0, 0.1) is 6.92 Å². The van der Waals surface area contributed by atoms with Crippen LogP contribution < -0.4 is 10.6 Å². The fourth-order valence-electron chi connectivity index (χ4n) is 2.09. The molecule has 6 heteroatoms. The highest BCUT2D eigenvalue weighted by atomic mass is 79.9. The summed E-state index contributed by atoms with van der Waals surface area (Å²) in [5.74, 6) is 0.195. The number of nitrogens with one attached hydrogen (secondary N) is 2. The fraction of sp³-hybridized carbons (Fsp3) is 0.0556. The number of nitrogens with zero attached hydrogens (tertiary/aromatic N) is 2. The molecule has 0 saturated carbocycles. The molecule has 0 saturated heterocycles. The summed E-state index contributed by atoms with van der Waals surface area (Å²) in [5.41, 5.74) is 3.06. The zero-order chi connectivity index (χ0) is 16.9. The predicted molar refractivity (Wildman–Crippen MR) is 98.6 cm³/mol. The number of anilines is 3. The minimum atomic E-state index is -0.247. The van der Waals surface area contributed by atoms with E-state index in [0.717, 1.165) is 21.4 Å². The number of para-hydroxylation sites is 1. The summed E-state index contributed by atoms with van der Waals surface area (Å²) in [6.07, 6.45) is 3.00. The van der Waals surface area contributed by atoms with Crippen LogP contribution in [0.4, 0.5) is 17.3 Å². The van der Waals surface area contributed by atoms with Gasteiger partial charge in [-0.05, 0) is 42.8 Å². The van der Waals surface area contributed by atoms with Crippen molar-refractivity contribution in [2.45, 2.75) is 6.92 Å². The standard InChI is InChI=1S/C18H15BrN4O/c1-12-9-15(7-8-16(12)19)22-17(24)13-10-20-18(21-11-13)23-14-5-3-2-4-6-14/h2-11H,1H3,(H,22,24)(H,20,21,23). The van der Waals surface area contributed by atoms with E-state index in [0.29, 0.717) is 11.5 Å². The molecular formula is C18H15BrN4O. The lowest BCUT2D eigenvalue weighted by Crippen LogP contribution is -2.13. The van der Waals surface area contributed by atoms with Gasteiger partial charge in [0.15, 0.2) is 0 Å². The Balaban J connectivity index is 1.68. The monoisotopic (exact) mass is 382 g/mol. The van der Waals surface area contributed by atoms with Crippen molar-refractivity contribution in [2.75, 3.05) is 10.6 Å². The van der Waals surface area contributed by atoms with Crippen molar-refractivity contribution in [3.63, 3.8) is 0 Å². The number of halogens is 1. The lowest BCUT2D eigenvalue weighted by atomic mass is 10.2. The van der Waals surface area contributed by atoms with Gasteiger partial charge in [-0.1, -0.05) is 34.1 Å². The highest BCUT2D eigenvalue weighted by molar-refractivity contribution is 9.10. The van der Waals surface area contributed by atoms with Gasteiger partial charge in [0, 0.05) is 28.2 Å². The first-order valence-electron chi connectivity index (χ1n) is 7.33. The molecule has 0 bridgehead atoms. The number of rotatable bonds is 4. The van der Waals surface area contributed by atoms with Crippen LogP contribution in [0.1, 0.15) is 15.9 Å². The number of hydrogen-bond donors (Lipinski definition) is 2. The Labute approximate surface area is 148 Å². The molecule has 1 aromatic heterocycles. The molecule has 1 heterocycles. The molecule has 24 heavy (non-hydrogen) atoms. The van der Waals surface area contributed by atoms with Gasteiger partial charge in [-0.3, -0.25) is 4.79 Å². The van der Waals surface area contributed by atoms with E-state index in [1.54, 1.807) is 0 Å². The zero-order valence-electron chi connectivity index (χ0n) is 13.0. The molecular weight excluding hydrogens is 368 g/mol. The molecule has 3 aromatic rings. The maximum atomic E-state index is 12.3. The highest BCUT2D eigenvalue weighted by Crippen LogP contribution is 2.20. The van der Waals surface area contributed by atoms with Crippen LogP contribution in [-0.4, -0.2) is 15.9 Å². The average Bonchev–Trinajstić information content (AvgIpc) is 2.60. The van der Waals surface area contributed by atoms with Crippen molar-refractivity contribution in [2.24, 2.45) is 0 Å². The first-order chi connectivity index (χ1) is 11.6. The molecule has 0 spiro atoms. The summed E-state index contributed by atoms with van der Waals surface area (Å²) >= 11 is 3.44. The van der Waals surface area contributed by atoms with E-state index in [-0.39, 0.29) is 5.91 Å². The molecule has 1 amide bonds. The third kappa shape index (κ3) is 3.97. The Morgan fingerprint density at radius 2 is 1.71 bits per heavy atom. The van der Waals surface area contributed by atoms with Gasteiger partial charge in [0.1, 0.15) is 0 Å². The van der Waals surface area contributed by atoms with Crippen LogP contribution in [-0.2, 0) is 0 Å². The van der Waals surface area contributed by atoms with Crippen molar-refractivity contribution >= 4 is 39.2 Å². The zero-order valence-corrected chi connectivity index (χ0v) is 14.5. The second kappa shape index (κ2) is 7.23. The van der Waals surface area contributed by atoms with Crippen LogP contribution in [0.15, 0.2) is 65.4 Å². The first-order valence-corrected chi connectivity index (χ1v) is 8.13. The maximum Gasteiger partial charge on any atom is 0.258 e. The van der Waals surface area contributed by atoms with Gasteiger partial charge in [0.25, 0.3) is 5.91 Å². The van der Waals surface area contributed by atoms with Crippen molar-refractivity contribution < 1.29 is 4.79 Å². The van der Waals surface area contributed by atoms with E-state index in [1.807, 2.05) is 55.5 Å². The maximum absolute atomic E-state index is 12.3. The summed E-state index contributed by atoms with van der Waals surface area (Å²) in [6, 6.07) is 15.2. The molecule has 0 radical (unpaired) electrons. The molecule has 0 fully saturated rings. The molecule has 0 aliphatic carbocycles. The largest absolute Gasteiger partial charge is 0.324 e. The quantitative estimate of drug-likeness (QED) is 0.694. The minimum Gasteiger partial charge on any atom is -0.324 e. The van der Waals surface area contributed by atoms with Crippen molar-refractivity contribution in [3.8, 4) is 0 Å². The molecule has 0 unspecified atom stereocenters. The van der Waals surface area contributed by atoms with Crippen LogP contribution >= 0.6 is 15.9 Å². The molecule has 0 atom stereocenters. The van der Waals surface area contributed by atoms with Gasteiger partial charge >= 0.3 is 0 Å². The number of aromatic nitrogens is 2. The van der Waals surface area contributed by atoms with E-state index in [4.69, 9.17) is 0 Å². The molecule has 0 aliphatic rings. The van der Waals surface area contributed by atoms with E-state index < -0.39 is 0 Å². The van der Waals surface area contributed by atoms with Crippen molar-refractivity contribution in [1.29, 1.82) is 0 Å². The molecule has 0 aliphatic heterocycles. The molecule has 2 aromatic carbocycles. The van der Waals surface area contributed by atoms with E-state index in [9.17, 15) is 4.79 Å². The third-order valence-electron chi connectivity index (χ3n) is 3.36. The van der Waals surface area contributed by atoms with Gasteiger partial charge in [-0.2, -0.15) is 0 Å². The van der Waals surface area contributed by atoms with E-state index in [2.05, 4.69) is 36.5 Å². The SMILES string of the molecule is Cc1cc(NC(=O)c2cnc(Nc3ccccc3)nc2)ccc1Br. The summed E-state index contributed by atoms with van der Waals surface area (Å²) in [5, 5.41) is 5.91. The second-order valence-electron chi connectivity index (χ2n) is 5.20. The van der Waals surface area contributed by atoms with Crippen LogP contribution in [0.2, 0.25) is 0 Å². The van der Waals surface area contributed by atoms with Gasteiger partial charge in [-0.15, -0.1) is 0 Å². The number of carbonyl (C=O) groups excluding carboxylic acids is 1. The summed E-state index contributed by atoms with van der Waals surface area (Å²) in [4.78, 5) is 20.6. The molecule has 120 valence electrons. The van der Waals surface area contributed by atoms with E-state index >= 15 is 0 Å². The summed E-state index contributed by atoms with van der Waals surface area (Å²) < 4.78 is 1.00. The Kier molecular flexibility index (Phi) is 4.86. The van der Waals surface area contributed by atoms with Crippen molar-refractivity contribution in [1.82, 2.24) is 9.97 Å². The Hall–Kier alpha value is -2.73. The summed E-state index contributed by atoms with van der Waals surface area (Å²) in [6.45, 7) is 1.97. The number of benzene rings is 2. The third-order valence-corrected chi connectivity index (χ3v) is 4.25. The van der Waals surface area contributed by atoms with Crippen molar-refractivity contribution in [3.05, 3.63) is 76.5 Å². The van der Waals surface area contributed by atoms with Crippen LogP contribution in [0.3, 0.4) is 0 Å². The Morgan fingerprint density at radius 1 is 1.00 bits per heavy atom. The predicted octanol–water partition coefficient (Wildman–Crippen LogP) is 4.54. The lowest BCUT2D eigenvalue weighted by Gasteiger charge is -2.08.